The van der Waals surface area contributed by atoms with Crippen molar-refractivity contribution >= 4 is 11.9 Å². The Morgan fingerprint density at radius 3 is 2.75 bits per heavy atom. The standard InChI is InChI=1S/C11H11NO4/c1-15-6-3-7-9(5-12-10(7)13)8(4-6)11(14)16-2/h3-4H,5H2,1-2H3,(H,12,13). The van der Waals surface area contributed by atoms with Crippen molar-refractivity contribution in [3.63, 3.8) is 0 Å². The van der Waals surface area contributed by atoms with E-state index in [1.54, 1.807) is 12.1 Å². The smallest absolute Gasteiger partial charge is 0.338 e. The Bertz CT molecular complexity index is 467. The van der Waals surface area contributed by atoms with E-state index in [2.05, 4.69) is 10.1 Å². The molecule has 0 saturated carbocycles. The highest BCUT2D eigenvalue weighted by Crippen LogP contribution is 2.26. The van der Waals surface area contributed by atoms with E-state index < -0.39 is 5.97 Å². The second-order valence-electron chi connectivity index (χ2n) is 3.38. The van der Waals surface area contributed by atoms with Gasteiger partial charge in [-0.05, 0) is 17.7 Å². The zero-order chi connectivity index (χ0) is 11.7. The maximum atomic E-state index is 11.5. The molecule has 1 aliphatic heterocycles. The largest absolute Gasteiger partial charge is 0.497 e. The summed E-state index contributed by atoms with van der Waals surface area (Å²) in [6.07, 6.45) is 0. The summed E-state index contributed by atoms with van der Waals surface area (Å²) in [7, 11) is 2.79. The second kappa shape index (κ2) is 3.84. The van der Waals surface area contributed by atoms with Crippen LogP contribution in [-0.2, 0) is 11.3 Å². The summed E-state index contributed by atoms with van der Waals surface area (Å²) in [5, 5.41) is 2.65. The van der Waals surface area contributed by atoms with Crippen molar-refractivity contribution in [2.45, 2.75) is 6.54 Å². The number of hydrogen-bond acceptors (Lipinski definition) is 4. The predicted molar refractivity (Wildman–Crippen MR) is 55.5 cm³/mol. The third-order valence-corrected chi connectivity index (χ3v) is 2.53. The number of fused-ring (bicyclic) bond motifs is 1. The van der Waals surface area contributed by atoms with Gasteiger partial charge in [-0.25, -0.2) is 4.79 Å². The molecule has 1 aliphatic rings. The molecule has 0 saturated heterocycles. The zero-order valence-electron chi connectivity index (χ0n) is 8.99. The van der Waals surface area contributed by atoms with Crippen LogP contribution in [0.15, 0.2) is 12.1 Å². The summed E-state index contributed by atoms with van der Waals surface area (Å²) in [5.41, 5.74) is 1.51. The fraction of sp³-hybridized carbons (Fsp3) is 0.273. The monoisotopic (exact) mass is 221 g/mol. The fourth-order valence-electron chi connectivity index (χ4n) is 1.71. The first kappa shape index (κ1) is 10.5. The number of methoxy groups -OCH3 is 2. The van der Waals surface area contributed by atoms with Gasteiger partial charge < -0.3 is 14.8 Å². The average molecular weight is 221 g/mol. The molecule has 84 valence electrons. The molecular formula is C11H11NO4. The van der Waals surface area contributed by atoms with Crippen LogP contribution in [0.4, 0.5) is 0 Å². The molecule has 0 bridgehead atoms. The summed E-state index contributed by atoms with van der Waals surface area (Å²) in [5.74, 6) is -0.193. The van der Waals surface area contributed by atoms with Crippen molar-refractivity contribution in [1.29, 1.82) is 0 Å². The van der Waals surface area contributed by atoms with Crippen LogP contribution in [0.1, 0.15) is 26.3 Å². The Kier molecular flexibility index (Phi) is 2.52. The van der Waals surface area contributed by atoms with Gasteiger partial charge in [0.2, 0.25) is 0 Å². The second-order valence-corrected chi connectivity index (χ2v) is 3.38. The van der Waals surface area contributed by atoms with Crippen LogP contribution >= 0.6 is 0 Å². The van der Waals surface area contributed by atoms with Crippen molar-refractivity contribution in [3.8, 4) is 5.75 Å². The molecule has 1 N–H and O–H groups in total. The van der Waals surface area contributed by atoms with E-state index >= 15 is 0 Å². The van der Waals surface area contributed by atoms with E-state index in [-0.39, 0.29) is 5.91 Å². The average Bonchev–Trinajstić information content (AvgIpc) is 2.69. The number of nitrogens with one attached hydrogen (secondary N) is 1. The number of rotatable bonds is 2. The number of benzene rings is 1. The minimum Gasteiger partial charge on any atom is -0.497 e. The molecule has 1 aromatic carbocycles. The summed E-state index contributed by atoms with van der Waals surface area (Å²) in [6.45, 7) is 0.350. The molecule has 16 heavy (non-hydrogen) atoms. The van der Waals surface area contributed by atoms with Crippen LogP contribution in [-0.4, -0.2) is 26.1 Å². The summed E-state index contributed by atoms with van der Waals surface area (Å²) in [4.78, 5) is 23.0. The molecule has 0 spiro atoms. The third kappa shape index (κ3) is 1.50. The van der Waals surface area contributed by atoms with E-state index in [0.717, 1.165) is 0 Å². The lowest BCUT2D eigenvalue weighted by molar-refractivity contribution is 0.0599. The van der Waals surface area contributed by atoms with Crippen molar-refractivity contribution in [3.05, 3.63) is 28.8 Å². The number of carbonyl (C=O) groups excluding carboxylic acids is 2. The van der Waals surface area contributed by atoms with E-state index in [9.17, 15) is 9.59 Å². The molecule has 1 aromatic rings. The minimum atomic E-state index is -0.466. The van der Waals surface area contributed by atoms with Gasteiger partial charge in [0.15, 0.2) is 0 Å². The quantitative estimate of drug-likeness (QED) is 0.747. The summed E-state index contributed by atoms with van der Waals surface area (Å²) in [6, 6.07) is 3.19. The highest BCUT2D eigenvalue weighted by Gasteiger charge is 2.26. The number of amides is 1. The first-order chi connectivity index (χ1) is 7.67. The summed E-state index contributed by atoms with van der Waals surface area (Å²) >= 11 is 0. The number of carbonyl (C=O) groups is 2. The number of ether oxygens (including phenoxy) is 2. The van der Waals surface area contributed by atoms with Crippen molar-refractivity contribution < 1.29 is 19.1 Å². The van der Waals surface area contributed by atoms with Gasteiger partial charge in [-0.3, -0.25) is 4.79 Å². The van der Waals surface area contributed by atoms with Crippen LogP contribution in [0.25, 0.3) is 0 Å². The SMILES string of the molecule is COC(=O)c1cc(OC)cc2c1CNC2=O. The first-order valence-corrected chi connectivity index (χ1v) is 4.74. The van der Waals surface area contributed by atoms with Crippen LogP contribution < -0.4 is 10.1 Å². The maximum Gasteiger partial charge on any atom is 0.338 e. The van der Waals surface area contributed by atoms with Crippen LogP contribution in [0.2, 0.25) is 0 Å². The van der Waals surface area contributed by atoms with Crippen LogP contribution in [0.3, 0.4) is 0 Å². The molecule has 0 atom stereocenters. The zero-order valence-corrected chi connectivity index (χ0v) is 8.99. The Morgan fingerprint density at radius 1 is 1.38 bits per heavy atom. The first-order valence-electron chi connectivity index (χ1n) is 4.74. The van der Waals surface area contributed by atoms with Gasteiger partial charge in [0.05, 0.1) is 19.8 Å². The van der Waals surface area contributed by atoms with Crippen molar-refractivity contribution in [2.75, 3.05) is 14.2 Å². The molecule has 0 unspecified atom stereocenters. The lowest BCUT2D eigenvalue weighted by atomic mass is 10.0. The fourth-order valence-corrected chi connectivity index (χ4v) is 1.71. The molecular weight excluding hydrogens is 210 g/mol. The van der Waals surface area contributed by atoms with Gasteiger partial charge >= 0.3 is 5.97 Å². The lowest BCUT2D eigenvalue weighted by Crippen LogP contribution is -2.12. The topological polar surface area (TPSA) is 64.6 Å². The highest BCUT2D eigenvalue weighted by atomic mass is 16.5. The third-order valence-electron chi connectivity index (χ3n) is 2.53. The normalized spacial score (nSPS) is 13.0. The predicted octanol–water partition coefficient (Wildman–Crippen LogP) is 0.725. The van der Waals surface area contributed by atoms with Gasteiger partial charge in [-0.2, -0.15) is 0 Å². The Hall–Kier alpha value is -2.04. The van der Waals surface area contributed by atoms with Crippen LogP contribution in [0.5, 0.6) is 5.75 Å². The highest BCUT2D eigenvalue weighted by molar-refractivity contribution is 6.03. The number of hydrogen-bond donors (Lipinski definition) is 1. The molecule has 1 heterocycles. The molecule has 1 amide bonds. The van der Waals surface area contributed by atoms with Crippen LogP contribution in [0, 0.1) is 0 Å². The van der Waals surface area contributed by atoms with E-state index in [1.807, 2.05) is 0 Å². The Labute approximate surface area is 92.4 Å². The van der Waals surface area contributed by atoms with Gasteiger partial charge in [0, 0.05) is 12.1 Å². The molecule has 0 fully saturated rings. The summed E-state index contributed by atoms with van der Waals surface area (Å²) < 4.78 is 9.70. The molecule has 5 nitrogen and oxygen atoms in total. The van der Waals surface area contributed by atoms with Gasteiger partial charge in [0.25, 0.3) is 5.91 Å². The molecule has 0 aromatic heterocycles. The van der Waals surface area contributed by atoms with Crippen molar-refractivity contribution in [1.82, 2.24) is 5.32 Å². The molecule has 0 aliphatic carbocycles. The number of esters is 1. The maximum absolute atomic E-state index is 11.5. The Morgan fingerprint density at radius 2 is 2.12 bits per heavy atom. The van der Waals surface area contributed by atoms with Crippen molar-refractivity contribution in [2.24, 2.45) is 0 Å². The van der Waals surface area contributed by atoms with Gasteiger partial charge in [0.1, 0.15) is 5.75 Å². The van der Waals surface area contributed by atoms with E-state index in [4.69, 9.17) is 4.74 Å². The molecule has 0 radical (unpaired) electrons. The van der Waals surface area contributed by atoms with Gasteiger partial charge in [-0.15, -0.1) is 0 Å². The molecule has 5 heteroatoms. The van der Waals surface area contributed by atoms with E-state index in [1.165, 1.54) is 14.2 Å². The Balaban J connectivity index is 2.60. The lowest BCUT2D eigenvalue weighted by Gasteiger charge is -2.07. The minimum absolute atomic E-state index is 0.195. The van der Waals surface area contributed by atoms with Gasteiger partial charge in [-0.1, -0.05) is 0 Å². The van der Waals surface area contributed by atoms with E-state index in [0.29, 0.717) is 29.0 Å². The molecule has 2 rings (SSSR count).